The summed E-state index contributed by atoms with van der Waals surface area (Å²) in [5.74, 6) is -1.51. The predicted octanol–water partition coefficient (Wildman–Crippen LogP) is 4.01. The van der Waals surface area contributed by atoms with Crippen LogP contribution in [-0.2, 0) is 17.8 Å². The fourth-order valence-corrected chi connectivity index (χ4v) is 6.47. The van der Waals surface area contributed by atoms with Crippen molar-refractivity contribution in [1.82, 2.24) is 39.4 Å². The molecule has 0 N–H and O–H groups in total. The number of fused-ring (bicyclic) bond motifs is 7. The Morgan fingerprint density at radius 3 is 2.70 bits per heavy atom. The molecule has 0 radical (unpaired) electrons. The van der Waals surface area contributed by atoms with Gasteiger partial charge in [-0.1, -0.05) is 37.8 Å². The van der Waals surface area contributed by atoms with E-state index in [9.17, 15) is 9.59 Å². The van der Waals surface area contributed by atoms with Crippen LogP contribution in [-0.4, -0.2) is 71.0 Å². The molecule has 4 aromatic heterocycles. The van der Waals surface area contributed by atoms with Crippen LogP contribution in [0.4, 0.5) is 14.6 Å². The number of pyridine rings is 2. The lowest BCUT2D eigenvalue weighted by atomic mass is 10.0. The lowest BCUT2D eigenvalue weighted by molar-refractivity contribution is -0.126. The van der Waals surface area contributed by atoms with E-state index in [4.69, 9.17) is 4.98 Å². The molecule has 2 aliphatic heterocycles. The Balaban J connectivity index is 1.57. The van der Waals surface area contributed by atoms with Crippen LogP contribution in [0.25, 0.3) is 28.0 Å². The van der Waals surface area contributed by atoms with Crippen LogP contribution in [0.2, 0.25) is 0 Å². The SMILES string of the molecule is C=CC(=O)N1CCN(c2nc(=O)n3c4nc(c(F)cc24)-c2c(F)cccc2Cn2cc(nn2)Cc2ccnc(C(C)C)c2-3)[C@@H](C)C1. The molecule has 0 saturated carbocycles. The number of amides is 1. The average Bonchev–Trinajstić information content (AvgIpc) is 3.47. The van der Waals surface area contributed by atoms with Crippen molar-refractivity contribution in [2.24, 2.45) is 0 Å². The molecular weight excluding hydrogens is 592 g/mol. The molecule has 7 rings (SSSR count). The van der Waals surface area contributed by atoms with Gasteiger partial charge in [0.25, 0.3) is 0 Å². The van der Waals surface area contributed by atoms with Gasteiger partial charge in [-0.2, -0.15) is 4.98 Å². The predicted molar refractivity (Wildman–Crippen MR) is 168 cm³/mol. The Bertz CT molecular complexity index is 2110. The maximum absolute atomic E-state index is 16.4. The maximum Gasteiger partial charge on any atom is 0.355 e. The van der Waals surface area contributed by atoms with Gasteiger partial charge in [-0.15, -0.1) is 5.10 Å². The molecule has 2 aliphatic rings. The highest BCUT2D eigenvalue weighted by atomic mass is 19.1. The van der Waals surface area contributed by atoms with E-state index in [1.54, 1.807) is 34.1 Å². The highest BCUT2D eigenvalue weighted by Crippen LogP contribution is 2.36. The molecule has 0 unspecified atom stereocenters. The zero-order valence-corrected chi connectivity index (χ0v) is 25.6. The highest BCUT2D eigenvalue weighted by molar-refractivity contribution is 5.91. The van der Waals surface area contributed by atoms with Crippen molar-refractivity contribution in [2.75, 3.05) is 24.5 Å². The first-order valence-electron chi connectivity index (χ1n) is 15.1. The normalized spacial score (nSPS) is 16.1. The molecule has 1 fully saturated rings. The maximum atomic E-state index is 16.4. The van der Waals surface area contributed by atoms with E-state index in [1.807, 2.05) is 31.7 Å². The van der Waals surface area contributed by atoms with Crippen LogP contribution in [0.1, 0.15) is 49.2 Å². The molecule has 0 spiro atoms. The standard InChI is InChI=1S/C33H31F2N9O2/c1-5-26(45)41-11-12-43(19(4)15-41)31-23-14-25(35)29-27-21(7-6-8-24(27)34)16-42-17-22(39-40-42)13-20-9-10-36-28(18(2)3)30(20)44(32(23)37-29)33(46)38-31/h5-10,14,17-19H,1,11-13,15-16H2,2-4H3/t19-/m0/s1. The number of piperazine rings is 1. The quantitative estimate of drug-likeness (QED) is 0.272. The van der Waals surface area contributed by atoms with Crippen molar-refractivity contribution >= 4 is 22.8 Å². The molecule has 6 heterocycles. The first kappa shape index (κ1) is 29.4. The lowest BCUT2D eigenvalue weighted by Gasteiger charge is -2.40. The minimum absolute atomic E-state index is 0.0315. The van der Waals surface area contributed by atoms with Crippen LogP contribution in [0.15, 0.2) is 60.2 Å². The Hall–Kier alpha value is -5.33. The van der Waals surface area contributed by atoms with Gasteiger partial charge in [0.2, 0.25) is 5.91 Å². The lowest BCUT2D eigenvalue weighted by Crippen LogP contribution is -2.54. The van der Waals surface area contributed by atoms with Gasteiger partial charge in [-0.25, -0.2) is 27.8 Å². The van der Waals surface area contributed by atoms with E-state index in [2.05, 4.69) is 26.9 Å². The molecule has 1 amide bonds. The summed E-state index contributed by atoms with van der Waals surface area (Å²) < 4.78 is 35.0. The molecule has 5 aromatic rings. The van der Waals surface area contributed by atoms with E-state index in [0.29, 0.717) is 48.7 Å². The van der Waals surface area contributed by atoms with Gasteiger partial charge < -0.3 is 9.80 Å². The number of aromatic nitrogens is 7. The van der Waals surface area contributed by atoms with Crippen molar-refractivity contribution in [3.8, 4) is 16.9 Å². The highest BCUT2D eigenvalue weighted by Gasteiger charge is 2.31. The van der Waals surface area contributed by atoms with Crippen molar-refractivity contribution in [2.45, 2.75) is 45.7 Å². The first-order chi connectivity index (χ1) is 22.1. The molecule has 46 heavy (non-hydrogen) atoms. The van der Waals surface area contributed by atoms with Gasteiger partial charge in [0.1, 0.15) is 23.1 Å². The summed E-state index contributed by atoms with van der Waals surface area (Å²) in [6.07, 6.45) is 5.02. The number of hydrogen-bond donors (Lipinski definition) is 0. The molecule has 234 valence electrons. The zero-order chi connectivity index (χ0) is 32.3. The second kappa shape index (κ2) is 11.2. The van der Waals surface area contributed by atoms with Gasteiger partial charge in [-0.3, -0.25) is 9.78 Å². The number of hydrogen-bond acceptors (Lipinski definition) is 8. The van der Waals surface area contributed by atoms with E-state index in [-0.39, 0.29) is 52.5 Å². The first-order valence-corrected chi connectivity index (χ1v) is 15.1. The second-order valence-electron chi connectivity index (χ2n) is 12.0. The van der Waals surface area contributed by atoms with E-state index < -0.39 is 17.3 Å². The molecule has 1 atom stereocenters. The summed E-state index contributed by atoms with van der Waals surface area (Å²) in [6.45, 7) is 10.6. The van der Waals surface area contributed by atoms with E-state index in [1.165, 1.54) is 22.8 Å². The third-order valence-corrected chi connectivity index (χ3v) is 8.62. The minimum atomic E-state index is -0.773. The Kier molecular flexibility index (Phi) is 7.18. The summed E-state index contributed by atoms with van der Waals surface area (Å²) in [7, 11) is 0. The minimum Gasteiger partial charge on any atom is -0.350 e. The molecule has 4 bridgehead atoms. The molecule has 11 nitrogen and oxygen atoms in total. The summed E-state index contributed by atoms with van der Waals surface area (Å²) in [5, 5.41) is 8.86. The fraction of sp³-hybridized carbons (Fsp3) is 0.303. The van der Waals surface area contributed by atoms with E-state index in [0.717, 1.165) is 5.56 Å². The fourth-order valence-electron chi connectivity index (χ4n) is 6.47. The van der Waals surface area contributed by atoms with Gasteiger partial charge in [0, 0.05) is 50.1 Å². The van der Waals surface area contributed by atoms with Crippen LogP contribution >= 0.6 is 0 Å². The number of halogens is 2. The van der Waals surface area contributed by atoms with Gasteiger partial charge in [0.05, 0.1) is 29.0 Å². The average molecular weight is 624 g/mol. The Labute approximate surface area is 262 Å². The monoisotopic (exact) mass is 623 g/mol. The number of rotatable bonds is 3. The van der Waals surface area contributed by atoms with Gasteiger partial charge in [0.15, 0.2) is 5.65 Å². The Morgan fingerprint density at radius 2 is 1.93 bits per heavy atom. The molecule has 0 aliphatic carbocycles. The van der Waals surface area contributed by atoms with Crippen LogP contribution in [0, 0.1) is 11.6 Å². The second-order valence-corrected chi connectivity index (χ2v) is 12.0. The number of anilines is 1. The smallest absolute Gasteiger partial charge is 0.350 e. The molecule has 13 heteroatoms. The third-order valence-electron chi connectivity index (χ3n) is 8.62. The van der Waals surface area contributed by atoms with Crippen molar-refractivity contribution in [3.05, 3.63) is 100 Å². The molecule has 1 saturated heterocycles. The summed E-state index contributed by atoms with van der Waals surface area (Å²) in [6, 6.07) is 7.32. The van der Waals surface area contributed by atoms with Crippen LogP contribution in [0.5, 0.6) is 0 Å². The van der Waals surface area contributed by atoms with Crippen molar-refractivity contribution in [3.63, 3.8) is 0 Å². The molecular formula is C33H31F2N9O2. The molecule has 1 aromatic carbocycles. The van der Waals surface area contributed by atoms with Crippen molar-refractivity contribution in [1.29, 1.82) is 0 Å². The van der Waals surface area contributed by atoms with Crippen molar-refractivity contribution < 1.29 is 13.6 Å². The van der Waals surface area contributed by atoms with Gasteiger partial charge >= 0.3 is 5.69 Å². The van der Waals surface area contributed by atoms with E-state index >= 15 is 8.78 Å². The number of carbonyl (C=O) groups excluding carboxylic acids is 1. The number of benzene rings is 1. The zero-order valence-electron chi connectivity index (χ0n) is 25.6. The summed E-state index contributed by atoms with van der Waals surface area (Å²) in [5.41, 5.74) is 2.08. The van der Waals surface area contributed by atoms with Crippen LogP contribution < -0.4 is 10.6 Å². The topological polar surface area (TPSA) is 115 Å². The third kappa shape index (κ3) is 4.82. The number of carbonyl (C=O) groups is 1. The number of nitrogens with zero attached hydrogens (tertiary/aromatic N) is 9. The summed E-state index contributed by atoms with van der Waals surface area (Å²) in [4.78, 5) is 44.2. The largest absolute Gasteiger partial charge is 0.355 e. The van der Waals surface area contributed by atoms with Crippen LogP contribution in [0.3, 0.4) is 0 Å². The summed E-state index contributed by atoms with van der Waals surface area (Å²) >= 11 is 0. The van der Waals surface area contributed by atoms with Gasteiger partial charge in [-0.05, 0) is 48.2 Å². The Morgan fingerprint density at radius 1 is 1.11 bits per heavy atom.